The fraction of sp³-hybridized carbons (Fsp3) is 0.296. The van der Waals surface area contributed by atoms with Gasteiger partial charge < -0.3 is 28.8 Å². The topological polar surface area (TPSA) is 118 Å². The molecule has 0 heterocycles. The van der Waals surface area contributed by atoms with Crippen molar-refractivity contribution in [1.82, 2.24) is 0 Å². The van der Waals surface area contributed by atoms with Gasteiger partial charge in [-0.25, -0.2) is 14.4 Å². The van der Waals surface area contributed by atoms with E-state index >= 15 is 0 Å². The third-order valence-electron chi connectivity index (χ3n) is 4.73. The second-order valence-corrected chi connectivity index (χ2v) is 7.36. The maximum absolute atomic E-state index is 12.6. The first-order valence-corrected chi connectivity index (χ1v) is 11.3. The monoisotopic (exact) mass is 498 g/mol. The molecule has 36 heavy (non-hydrogen) atoms. The summed E-state index contributed by atoms with van der Waals surface area (Å²) in [7, 11) is 0. The van der Waals surface area contributed by atoms with E-state index in [1.165, 1.54) is 0 Å². The van der Waals surface area contributed by atoms with Gasteiger partial charge in [-0.2, -0.15) is 0 Å². The summed E-state index contributed by atoms with van der Waals surface area (Å²) in [5.74, 6) is -0.167. The lowest BCUT2D eigenvalue weighted by atomic mass is 10.1. The van der Waals surface area contributed by atoms with Crippen LogP contribution in [0.2, 0.25) is 0 Å². The number of hydrogen-bond donors (Lipinski definition) is 1. The molecule has 0 aliphatic carbocycles. The average molecular weight is 499 g/mol. The lowest BCUT2D eigenvalue weighted by Gasteiger charge is -2.13. The van der Waals surface area contributed by atoms with Gasteiger partial charge in [-0.3, -0.25) is 0 Å². The quantitative estimate of drug-likeness (QED) is 0.170. The van der Waals surface area contributed by atoms with Crippen LogP contribution in [0.15, 0.2) is 67.3 Å². The number of esters is 3. The molecule has 9 heteroatoms. The van der Waals surface area contributed by atoms with E-state index < -0.39 is 24.5 Å². The molecule has 0 radical (unpaired) electrons. The molecule has 2 rings (SSSR count). The number of carbonyl (C=O) groups excluding carboxylic acids is 3. The second-order valence-electron chi connectivity index (χ2n) is 7.36. The maximum Gasteiger partial charge on any atom is 0.343 e. The molecular weight excluding hydrogens is 468 g/mol. The average Bonchev–Trinajstić information content (AvgIpc) is 2.90. The van der Waals surface area contributed by atoms with Crippen LogP contribution < -0.4 is 14.2 Å². The van der Waals surface area contributed by atoms with Gasteiger partial charge in [-0.15, -0.1) is 0 Å². The first kappa shape index (κ1) is 28.1. The van der Waals surface area contributed by atoms with Crippen LogP contribution in [0.3, 0.4) is 0 Å². The van der Waals surface area contributed by atoms with Gasteiger partial charge in [0.15, 0.2) is 0 Å². The van der Waals surface area contributed by atoms with E-state index in [0.29, 0.717) is 42.3 Å². The van der Waals surface area contributed by atoms with Crippen LogP contribution in [-0.4, -0.2) is 56.0 Å². The molecular formula is C27H30O9. The Bertz CT molecular complexity index is 1060. The van der Waals surface area contributed by atoms with Gasteiger partial charge in [0.05, 0.1) is 31.0 Å². The number of aryl methyl sites for hydroxylation is 1. The molecule has 0 atom stereocenters. The summed E-state index contributed by atoms with van der Waals surface area (Å²) in [5.41, 5.74) is 1.12. The highest BCUT2D eigenvalue weighted by Crippen LogP contribution is 2.23. The minimum absolute atomic E-state index is 0.00667. The van der Waals surface area contributed by atoms with E-state index in [1.54, 1.807) is 42.5 Å². The lowest BCUT2D eigenvalue weighted by molar-refractivity contribution is -0.140. The molecule has 0 aliphatic heterocycles. The Labute approximate surface area is 209 Å². The Morgan fingerprint density at radius 1 is 0.917 bits per heavy atom. The zero-order valence-corrected chi connectivity index (χ0v) is 20.2. The van der Waals surface area contributed by atoms with Crippen molar-refractivity contribution in [2.45, 2.75) is 19.8 Å². The van der Waals surface area contributed by atoms with Crippen LogP contribution in [0.5, 0.6) is 17.2 Å². The van der Waals surface area contributed by atoms with Crippen molar-refractivity contribution in [3.8, 4) is 17.2 Å². The smallest absolute Gasteiger partial charge is 0.343 e. The summed E-state index contributed by atoms with van der Waals surface area (Å²) in [5, 5.41) is 8.86. The number of ether oxygens (including phenoxy) is 5. The Balaban J connectivity index is 1.84. The minimum atomic E-state index is -0.680. The molecule has 0 spiro atoms. The maximum atomic E-state index is 12.6. The van der Waals surface area contributed by atoms with E-state index in [-0.39, 0.29) is 25.4 Å². The summed E-state index contributed by atoms with van der Waals surface area (Å²) in [4.78, 5) is 35.1. The molecule has 0 unspecified atom stereocenters. The number of carbonyl (C=O) groups is 3. The summed E-state index contributed by atoms with van der Waals surface area (Å²) < 4.78 is 26.5. The zero-order chi connectivity index (χ0) is 26.3. The van der Waals surface area contributed by atoms with Crippen LogP contribution in [0.1, 0.15) is 29.3 Å². The van der Waals surface area contributed by atoms with Gasteiger partial charge in [-0.1, -0.05) is 20.1 Å². The Kier molecular flexibility index (Phi) is 11.7. The molecule has 9 nitrogen and oxygen atoms in total. The van der Waals surface area contributed by atoms with Gasteiger partial charge in [0.25, 0.3) is 0 Å². The summed E-state index contributed by atoms with van der Waals surface area (Å²) in [6, 6.07) is 11.5. The summed E-state index contributed by atoms with van der Waals surface area (Å²) in [6.45, 7) is 8.86. The van der Waals surface area contributed by atoms with Crippen LogP contribution >= 0.6 is 0 Å². The van der Waals surface area contributed by atoms with Crippen LogP contribution in [0, 0.1) is 0 Å². The fourth-order valence-corrected chi connectivity index (χ4v) is 2.83. The number of aliphatic hydroxyl groups is 1. The lowest BCUT2D eigenvalue weighted by Crippen LogP contribution is -2.15. The van der Waals surface area contributed by atoms with Crippen molar-refractivity contribution >= 4 is 17.9 Å². The zero-order valence-electron chi connectivity index (χ0n) is 20.2. The first-order valence-electron chi connectivity index (χ1n) is 11.3. The normalized spacial score (nSPS) is 10.2. The predicted molar refractivity (Wildman–Crippen MR) is 131 cm³/mol. The highest BCUT2D eigenvalue weighted by atomic mass is 16.6. The van der Waals surface area contributed by atoms with Gasteiger partial charge in [-0.05, 0) is 54.4 Å². The van der Waals surface area contributed by atoms with Gasteiger partial charge in [0, 0.05) is 12.5 Å². The van der Waals surface area contributed by atoms with Crippen LogP contribution in [-0.2, 0) is 25.5 Å². The number of rotatable bonds is 15. The second kappa shape index (κ2) is 15.0. The molecule has 0 saturated carbocycles. The Morgan fingerprint density at radius 2 is 1.64 bits per heavy atom. The predicted octanol–water partition coefficient (Wildman–Crippen LogP) is 3.44. The summed E-state index contributed by atoms with van der Waals surface area (Å²) >= 11 is 0. The summed E-state index contributed by atoms with van der Waals surface area (Å²) in [6.07, 6.45) is 2.24. The molecule has 0 aromatic heterocycles. The van der Waals surface area contributed by atoms with Crippen molar-refractivity contribution in [3.05, 3.63) is 78.4 Å². The van der Waals surface area contributed by atoms with Crippen molar-refractivity contribution in [1.29, 1.82) is 0 Å². The van der Waals surface area contributed by atoms with Crippen molar-refractivity contribution in [2.75, 3.05) is 33.0 Å². The molecule has 0 saturated heterocycles. The van der Waals surface area contributed by atoms with E-state index in [1.807, 2.05) is 6.92 Å². The van der Waals surface area contributed by atoms with Crippen LogP contribution in [0.4, 0.5) is 0 Å². The fourth-order valence-electron chi connectivity index (χ4n) is 2.83. The Morgan fingerprint density at radius 3 is 2.31 bits per heavy atom. The number of hydrogen-bond acceptors (Lipinski definition) is 9. The number of benzene rings is 2. The molecule has 192 valence electrons. The third kappa shape index (κ3) is 9.27. The van der Waals surface area contributed by atoms with E-state index in [0.717, 1.165) is 11.6 Å². The van der Waals surface area contributed by atoms with Gasteiger partial charge >= 0.3 is 17.9 Å². The van der Waals surface area contributed by atoms with Gasteiger partial charge in [0.2, 0.25) is 0 Å². The third-order valence-corrected chi connectivity index (χ3v) is 4.73. The molecule has 0 fully saturated rings. The first-order chi connectivity index (χ1) is 17.4. The highest BCUT2D eigenvalue weighted by molar-refractivity contribution is 5.91. The van der Waals surface area contributed by atoms with Gasteiger partial charge in [0.1, 0.15) is 30.5 Å². The molecule has 0 bridgehead atoms. The molecule has 1 N–H and O–H groups in total. The highest BCUT2D eigenvalue weighted by Gasteiger charge is 2.13. The number of aliphatic hydroxyl groups excluding tert-OH is 1. The van der Waals surface area contributed by atoms with Crippen molar-refractivity contribution < 1.29 is 43.2 Å². The SMILES string of the molecule is C=CC(=O)OCCCOc1ccc(OC(=O)c2ccc(OCCOC(=O)C(=C)CO)c(CC)c2)cc1. The van der Waals surface area contributed by atoms with Crippen molar-refractivity contribution in [3.63, 3.8) is 0 Å². The van der Waals surface area contributed by atoms with Crippen molar-refractivity contribution in [2.24, 2.45) is 0 Å². The minimum Gasteiger partial charge on any atom is -0.493 e. The van der Waals surface area contributed by atoms with E-state index in [2.05, 4.69) is 13.2 Å². The molecule has 0 aliphatic rings. The molecule has 2 aromatic rings. The molecule has 2 aromatic carbocycles. The van der Waals surface area contributed by atoms with E-state index in [4.69, 9.17) is 28.8 Å². The van der Waals surface area contributed by atoms with E-state index in [9.17, 15) is 14.4 Å². The standard InChI is InChI=1S/C27H30O9/c1-4-20-17-21(7-12-24(20)33-15-16-35-26(30)19(3)18-28)27(31)36-23-10-8-22(9-11-23)32-13-6-14-34-25(29)5-2/h5,7-12,17,28H,2-4,6,13-16,18H2,1H3. The van der Waals surface area contributed by atoms with Crippen LogP contribution in [0.25, 0.3) is 0 Å². The molecule has 0 amide bonds. The largest absolute Gasteiger partial charge is 0.493 e. The Hall–Kier alpha value is -4.11.